The molecule has 0 fully saturated rings. The van der Waals surface area contributed by atoms with Gasteiger partial charge in [0.2, 0.25) is 0 Å². The quantitative estimate of drug-likeness (QED) is 0.678. The molecule has 0 bridgehead atoms. The van der Waals surface area contributed by atoms with Crippen LogP contribution in [0.5, 0.6) is 5.75 Å². The Morgan fingerprint density at radius 1 is 1.25 bits per heavy atom. The molecule has 5 nitrogen and oxygen atoms in total. The van der Waals surface area contributed by atoms with Crippen molar-refractivity contribution in [2.45, 2.75) is 40.2 Å². The Kier molecular flexibility index (Phi) is 5.55. The van der Waals surface area contributed by atoms with Crippen molar-refractivity contribution in [2.24, 2.45) is 5.10 Å². The molecule has 1 amide bonds. The lowest BCUT2D eigenvalue weighted by molar-refractivity contribution is 0.0529. The second-order valence-corrected chi connectivity index (χ2v) is 5.27. The van der Waals surface area contributed by atoms with E-state index in [0.29, 0.717) is 12.3 Å². The van der Waals surface area contributed by atoms with E-state index < -0.39 is 11.7 Å². The van der Waals surface area contributed by atoms with E-state index >= 15 is 0 Å². The maximum Gasteiger partial charge on any atom is 0.428 e. The first kappa shape index (κ1) is 16.0. The number of hydrogen-bond donors (Lipinski definition) is 1. The van der Waals surface area contributed by atoms with Gasteiger partial charge >= 0.3 is 6.09 Å². The standard InChI is InChI=1S/C15H22N2O3/c1-6-19-13-9-7-12(8-10-13)11(2)16-17-14(18)20-15(3,4)5/h7-10H,6H2,1-5H3,(H,17,18). The molecule has 1 aromatic rings. The van der Waals surface area contributed by atoms with Crippen LogP contribution in [0.15, 0.2) is 29.4 Å². The number of nitrogens with zero attached hydrogens (tertiary/aromatic N) is 1. The zero-order chi connectivity index (χ0) is 15.2. The molecule has 0 aromatic heterocycles. The number of hydrazone groups is 1. The molecule has 0 radical (unpaired) electrons. The second-order valence-electron chi connectivity index (χ2n) is 5.27. The van der Waals surface area contributed by atoms with Gasteiger partial charge in [0.05, 0.1) is 12.3 Å². The van der Waals surface area contributed by atoms with Gasteiger partial charge in [-0.1, -0.05) is 0 Å². The normalized spacial score (nSPS) is 11.9. The van der Waals surface area contributed by atoms with Gasteiger partial charge in [-0.15, -0.1) is 0 Å². The Balaban J connectivity index is 2.62. The summed E-state index contributed by atoms with van der Waals surface area (Å²) in [6.45, 7) is 9.78. The number of carbonyl (C=O) groups excluding carboxylic acids is 1. The Labute approximate surface area is 120 Å². The van der Waals surface area contributed by atoms with Crippen molar-refractivity contribution in [1.82, 2.24) is 5.43 Å². The fourth-order valence-electron chi connectivity index (χ4n) is 1.45. The molecule has 0 aliphatic rings. The molecule has 5 heteroatoms. The Morgan fingerprint density at radius 2 is 1.85 bits per heavy atom. The summed E-state index contributed by atoms with van der Waals surface area (Å²) < 4.78 is 10.5. The highest BCUT2D eigenvalue weighted by Crippen LogP contribution is 2.12. The zero-order valence-corrected chi connectivity index (χ0v) is 12.7. The summed E-state index contributed by atoms with van der Waals surface area (Å²) in [7, 11) is 0. The van der Waals surface area contributed by atoms with E-state index in [4.69, 9.17) is 9.47 Å². The molecular weight excluding hydrogens is 256 g/mol. The molecule has 20 heavy (non-hydrogen) atoms. The van der Waals surface area contributed by atoms with Crippen molar-refractivity contribution >= 4 is 11.8 Å². The summed E-state index contributed by atoms with van der Waals surface area (Å²) in [5.41, 5.74) is 3.44. The summed E-state index contributed by atoms with van der Waals surface area (Å²) in [4.78, 5) is 11.5. The van der Waals surface area contributed by atoms with Gasteiger partial charge in [-0.2, -0.15) is 5.10 Å². The molecule has 1 rings (SSSR count). The molecule has 110 valence electrons. The van der Waals surface area contributed by atoms with Crippen LogP contribution < -0.4 is 10.2 Å². The minimum Gasteiger partial charge on any atom is -0.494 e. The number of rotatable bonds is 4. The number of carbonyl (C=O) groups is 1. The first-order valence-electron chi connectivity index (χ1n) is 6.58. The number of nitrogens with one attached hydrogen (secondary N) is 1. The molecule has 0 aliphatic carbocycles. The van der Waals surface area contributed by atoms with E-state index in [9.17, 15) is 4.79 Å². The van der Waals surface area contributed by atoms with Crippen molar-refractivity contribution in [3.8, 4) is 5.75 Å². The van der Waals surface area contributed by atoms with Gasteiger partial charge in [0.1, 0.15) is 11.4 Å². The van der Waals surface area contributed by atoms with Crippen molar-refractivity contribution < 1.29 is 14.3 Å². The predicted octanol–water partition coefficient (Wildman–Crippen LogP) is 3.33. The third-order valence-corrected chi connectivity index (χ3v) is 2.30. The van der Waals surface area contributed by atoms with Gasteiger partial charge in [-0.3, -0.25) is 0 Å². The number of amides is 1. The maximum absolute atomic E-state index is 11.5. The van der Waals surface area contributed by atoms with Crippen molar-refractivity contribution in [3.63, 3.8) is 0 Å². The van der Waals surface area contributed by atoms with E-state index in [-0.39, 0.29) is 0 Å². The first-order valence-corrected chi connectivity index (χ1v) is 6.58. The van der Waals surface area contributed by atoms with E-state index in [1.165, 1.54) is 0 Å². The van der Waals surface area contributed by atoms with Crippen LogP contribution in [0, 0.1) is 0 Å². The summed E-state index contributed by atoms with van der Waals surface area (Å²) >= 11 is 0. The van der Waals surface area contributed by atoms with E-state index in [2.05, 4.69) is 10.5 Å². The van der Waals surface area contributed by atoms with E-state index in [1.807, 2.05) is 38.1 Å². The van der Waals surface area contributed by atoms with Crippen LogP contribution in [0.25, 0.3) is 0 Å². The lowest BCUT2D eigenvalue weighted by atomic mass is 10.1. The topological polar surface area (TPSA) is 59.9 Å². The lowest BCUT2D eigenvalue weighted by Crippen LogP contribution is -2.30. The molecule has 0 aliphatic heterocycles. The molecule has 0 spiro atoms. The monoisotopic (exact) mass is 278 g/mol. The molecule has 1 aromatic carbocycles. The minimum absolute atomic E-state index is 0.535. The Morgan fingerprint density at radius 3 is 2.35 bits per heavy atom. The Bertz CT molecular complexity index is 473. The van der Waals surface area contributed by atoms with Gasteiger partial charge in [0, 0.05) is 0 Å². The van der Waals surface area contributed by atoms with Gasteiger partial charge in [0.15, 0.2) is 0 Å². The maximum atomic E-state index is 11.5. The smallest absolute Gasteiger partial charge is 0.428 e. The fourth-order valence-corrected chi connectivity index (χ4v) is 1.45. The van der Waals surface area contributed by atoms with Crippen molar-refractivity contribution in [3.05, 3.63) is 29.8 Å². The minimum atomic E-state index is -0.567. The van der Waals surface area contributed by atoms with Crippen LogP contribution in [0.3, 0.4) is 0 Å². The fraction of sp³-hybridized carbons (Fsp3) is 0.467. The number of ether oxygens (including phenoxy) is 2. The van der Waals surface area contributed by atoms with E-state index in [0.717, 1.165) is 11.3 Å². The zero-order valence-electron chi connectivity index (χ0n) is 12.7. The highest BCUT2D eigenvalue weighted by molar-refractivity contribution is 5.99. The van der Waals surface area contributed by atoms with Crippen LogP contribution in [-0.4, -0.2) is 24.0 Å². The van der Waals surface area contributed by atoms with E-state index in [1.54, 1.807) is 20.8 Å². The molecule has 0 saturated carbocycles. The molecule has 0 unspecified atom stereocenters. The van der Waals surface area contributed by atoms with Gasteiger partial charge in [-0.05, 0) is 64.4 Å². The summed E-state index contributed by atoms with van der Waals surface area (Å²) in [6.07, 6.45) is -0.567. The summed E-state index contributed by atoms with van der Waals surface area (Å²) in [5.74, 6) is 0.809. The number of hydrogen-bond acceptors (Lipinski definition) is 4. The van der Waals surface area contributed by atoms with Gasteiger partial charge in [0.25, 0.3) is 0 Å². The predicted molar refractivity (Wildman–Crippen MR) is 79.2 cm³/mol. The summed E-state index contributed by atoms with van der Waals surface area (Å²) in [5, 5.41) is 4.01. The second kappa shape index (κ2) is 6.93. The summed E-state index contributed by atoms with van der Waals surface area (Å²) in [6, 6.07) is 7.51. The largest absolute Gasteiger partial charge is 0.494 e. The van der Waals surface area contributed by atoms with Crippen molar-refractivity contribution in [1.29, 1.82) is 0 Å². The van der Waals surface area contributed by atoms with Crippen LogP contribution in [0.2, 0.25) is 0 Å². The molecule has 1 N–H and O–H groups in total. The SMILES string of the molecule is CCOc1ccc(C(C)=NNC(=O)OC(C)(C)C)cc1. The molecular formula is C15H22N2O3. The Hall–Kier alpha value is -2.04. The number of benzene rings is 1. The highest BCUT2D eigenvalue weighted by Gasteiger charge is 2.15. The average Bonchev–Trinajstić information content (AvgIpc) is 2.35. The molecule has 0 saturated heterocycles. The third kappa shape index (κ3) is 5.73. The molecule has 0 heterocycles. The van der Waals surface area contributed by atoms with Gasteiger partial charge < -0.3 is 9.47 Å². The van der Waals surface area contributed by atoms with Gasteiger partial charge in [-0.25, -0.2) is 10.2 Å². The lowest BCUT2D eigenvalue weighted by Gasteiger charge is -2.18. The van der Waals surface area contributed by atoms with Crippen LogP contribution in [0.1, 0.15) is 40.2 Å². The van der Waals surface area contributed by atoms with Crippen LogP contribution in [0.4, 0.5) is 4.79 Å². The first-order chi connectivity index (χ1) is 9.31. The molecule has 0 atom stereocenters. The van der Waals surface area contributed by atoms with Crippen molar-refractivity contribution in [2.75, 3.05) is 6.61 Å². The van der Waals surface area contributed by atoms with Crippen LogP contribution in [-0.2, 0) is 4.74 Å². The highest BCUT2D eigenvalue weighted by atomic mass is 16.6. The van der Waals surface area contributed by atoms with Crippen LogP contribution >= 0.6 is 0 Å². The third-order valence-electron chi connectivity index (χ3n) is 2.30. The average molecular weight is 278 g/mol.